The Morgan fingerprint density at radius 2 is 2.17 bits per heavy atom. The number of aromatic nitrogens is 1. The molecule has 1 aromatic heterocycles. The van der Waals surface area contributed by atoms with Crippen molar-refractivity contribution >= 4 is 11.7 Å². The molecule has 18 heavy (non-hydrogen) atoms. The van der Waals surface area contributed by atoms with Crippen LogP contribution in [0.1, 0.15) is 23.2 Å². The van der Waals surface area contributed by atoms with Gasteiger partial charge in [-0.2, -0.15) is 13.2 Å². The molecule has 0 aromatic carbocycles. The zero-order chi connectivity index (χ0) is 13.3. The molecule has 98 valence electrons. The molecule has 2 N–H and O–H groups in total. The molecule has 1 aliphatic rings. The highest BCUT2D eigenvalue weighted by Gasteiger charge is 2.41. The van der Waals surface area contributed by atoms with Crippen molar-refractivity contribution in [2.75, 3.05) is 12.3 Å². The van der Waals surface area contributed by atoms with Crippen molar-refractivity contribution in [2.24, 2.45) is 0 Å². The van der Waals surface area contributed by atoms with Gasteiger partial charge in [-0.05, 0) is 25.0 Å². The van der Waals surface area contributed by atoms with Crippen molar-refractivity contribution in [3.8, 4) is 0 Å². The molecule has 7 heteroatoms. The summed E-state index contributed by atoms with van der Waals surface area (Å²) in [6.07, 6.45) is -1.82. The van der Waals surface area contributed by atoms with E-state index in [1.165, 1.54) is 18.3 Å². The summed E-state index contributed by atoms with van der Waals surface area (Å²) >= 11 is 0. The lowest BCUT2D eigenvalue weighted by Crippen LogP contribution is -2.40. The van der Waals surface area contributed by atoms with Gasteiger partial charge in [0.05, 0.1) is 5.56 Å². The van der Waals surface area contributed by atoms with Gasteiger partial charge in [-0.1, -0.05) is 0 Å². The van der Waals surface area contributed by atoms with E-state index < -0.39 is 18.6 Å². The van der Waals surface area contributed by atoms with Gasteiger partial charge in [0.2, 0.25) is 0 Å². The Bertz CT molecular complexity index is 457. The largest absolute Gasteiger partial charge is 0.406 e. The Morgan fingerprint density at radius 3 is 2.67 bits per heavy atom. The predicted octanol–water partition coefficient (Wildman–Crippen LogP) is 1.83. The van der Waals surface area contributed by atoms with Crippen LogP contribution in [-0.4, -0.2) is 34.6 Å². The zero-order valence-electron chi connectivity index (χ0n) is 9.44. The summed E-state index contributed by atoms with van der Waals surface area (Å²) in [5.41, 5.74) is 5.53. The summed E-state index contributed by atoms with van der Waals surface area (Å²) in [4.78, 5) is 16.6. The standard InChI is InChI=1S/C11H12F3N3O/c12-11(13,14)6-17(7-3-4-7)10(18)8-2-1-5-16-9(8)15/h1-2,5,7H,3-4,6H2,(H2,15,16). The lowest BCUT2D eigenvalue weighted by atomic mass is 10.2. The van der Waals surface area contributed by atoms with Crippen LogP contribution in [0.5, 0.6) is 0 Å². The lowest BCUT2D eigenvalue weighted by molar-refractivity contribution is -0.141. The molecule has 0 bridgehead atoms. The number of alkyl halides is 3. The van der Waals surface area contributed by atoms with E-state index in [1.807, 2.05) is 0 Å². The average Bonchev–Trinajstić information content (AvgIpc) is 3.08. The normalized spacial score (nSPS) is 15.5. The van der Waals surface area contributed by atoms with Crippen LogP contribution in [0.25, 0.3) is 0 Å². The van der Waals surface area contributed by atoms with Crippen molar-refractivity contribution in [1.82, 2.24) is 9.88 Å². The zero-order valence-corrected chi connectivity index (χ0v) is 9.44. The Labute approximate surface area is 102 Å². The number of hydrogen-bond acceptors (Lipinski definition) is 3. The van der Waals surface area contributed by atoms with Gasteiger partial charge in [0.1, 0.15) is 12.4 Å². The minimum Gasteiger partial charge on any atom is -0.383 e. The third-order valence-electron chi connectivity index (χ3n) is 2.67. The molecule has 1 saturated carbocycles. The number of carbonyl (C=O) groups excluding carboxylic acids is 1. The topological polar surface area (TPSA) is 59.2 Å². The van der Waals surface area contributed by atoms with Crippen molar-refractivity contribution in [3.63, 3.8) is 0 Å². The lowest BCUT2D eigenvalue weighted by Gasteiger charge is -2.24. The number of halogens is 3. The van der Waals surface area contributed by atoms with Gasteiger partial charge in [-0.15, -0.1) is 0 Å². The van der Waals surface area contributed by atoms with Crippen molar-refractivity contribution in [1.29, 1.82) is 0 Å². The van der Waals surface area contributed by atoms with Crippen LogP contribution in [0.4, 0.5) is 19.0 Å². The summed E-state index contributed by atoms with van der Waals surface area (Å²) in [5.74, 6) is -0.754. The van der Waals surface area contributed by atoms with Crippen LogP contribution in [0.15, 0.2) is 18.3 Å². The van der Waals surface area contributed by atoms with Crippen LogP contribution in [0, 0.1) is 0 Å². The third kappa shape index (κ3) is 2.91. The Hall–Kier alpha value is -1.79. The van der Waals surface area contributed by atoms with Crippen molar-refractivity contribution in [3.05, 3.63) is 23.9 Å². The fourth-order valence-corrected chi connectivity index (χ4v) is 1.70. The average molecular weight is 259 g/mol. The highest BCUT2D eigenvalue weighted by atomic mass is 19.4. The third-order valence-corrected chi connectivity index (χ3v) is 2.67. The maximum absolute atomic E-state index is 12.4. The second-order valence-electron chi connectivity index (χ2n) is 4.22. The number of nitrogens with zero attached hydrogens (tertiary/aromatic N) is 2. The maximum Gasteiger partial charge on any atom is 0.406 e. The minimum absolute atomic E-state index is 0.0219. The van der Waals surface area contributed by atoms with E-state index in [0.717, 1.165) is 4.90 Å². The van der Waals surface area contributed by atoms with E-state index >= 15 is 0 Å². The highest BCUT2D eigenvalue weighted by molar-refractivity contribution is 5.98. The first-order valence-corrected chi connectivity index (χ1v) is 5.46. The van der Waals surface area contributed by atoms with E-state index in [4.69, 9.17) is 5.73 Å². The monoisotopic (exact) mass is 259 g/mol. The van der Waals surface area contributed by atoms with E-state index in [1.54, 1.807) is 0 Å². The Balaban J connectivity index is 2.21. The minimum atomic E-state index is -4.41. The van der Waals surface area contributed by atoms with Crippen LogP contribution >= 0.6 is 0 Å². The molecule has 1 fully saturated rings. The van der Waals surface area contributed by atoms with Gasteiger partial charge in [-0.25, -0.2) is 4.98 Å². The molecule has 1 heterocycles. The second kappa shape index (κ2) is 4.47. The number of pyridine rings is 1. The number of anilines is 1. The molecule has 1 aromatic rings. The Morgan fingerprint density at radius 1 is 1.50 bits per heavy atom. The fourth-order valence-electron chi connectivity index (χ4n) is 1.70. The molecule has 2 rings (SSSR count). The van der Waals surface area contributed by atoms with Crippen molar-refractivity contribution in [2.45, 2.75) is 25.1 Å². The van der Waals surface area contributed by atoms with Crippen LogP contribution < -0.4 is 5.73 Å². The summed E-state index contributed by atoms with van der Waals surface area (Å²) in [7, 11) is 0. The van der Waals surface area contributed by atoms with Gasteiger partial charge >= 0.3 is 6.18 Å². The first-order valence-electron chi connectivity index (χ1n) is 5.46. The molecule has 0 unspecified atom stereocenters. The van der Waals surface area contributed by atoms with E-state index in [2.05, 4.69) is 4.98 Å². The fraction of sp³-hybridized carbons (Fsp3) is 0.455. The number of hydrogen-bond donors (Lipinski definition) is 1. The smallest absolute Gasteiger partial charge is 0.383 e. The molecule has 0 saturated heterocycles. The molecule has 0 radical (unpaired) electrons. The van der Waals surface area contributed by atoms with Gasteiger partial charge in [-0.3, -0.25) is 4.79 Å². The molecule has 0 atom stereocenters. The van der Waals surface area contributed by atoms with Gasteiger partial charge < -0.3 is 10.6 Å². The summed E-state index contributed by atoms with van der Waals surface area (Å²) in [6, 6.07) is 2.53. The predicted molar refractivity (Wildman–Crippen MR) is 58.8 cm³/mol. The number of amides is 1. The summed E-state index contributed by atoms with van der Waals surface area (Å²) < 4.78 is 37.3. The number of rotatable bonds is 3. The molecular formula is C11H12F3N3O. The SMILES string of the molecule is Nc1ncccc1C(=O)N(CC(F)(F)F)C1CC1. The second-order valence-corrected chi connectivity index (χ2v) is 4.22. The number of nitrogens with two attached hydrogens (primary N) is 1. The van der Waals surface area contributed by atoms with Crippen LogP contribution in [-0.2, 0) is 0 Å². The number of carbonyl (C=O) groups is 1. The van der Waals surface area contributed by atoms with Gasteiger partial charge in [0.15, 0.2) is 0 Å². The molecule has 1 amide bonds. The molecular weight excluding hydrogens is 247 g/mol. The first-order chi connectivity index (χ1) is 8.38. The van der Waals surface area contributed by atoms with Gasteiger partial charge in [0, 0.05) is 12.2 Å². The Kier molecular flexibility index (Phi) is 3.14. The summed E-state index contributed by atoms with van der Waals surface area (Å²) in [5, 5.41) is 0. The molecule has 0 spiro atoms. The quantitative estimate of drug-likeness (QED) is 0.900. The molecule has 0 aliphatic heterocycles. The maximum atomic E-state index is 12.4. The van der Waals surface area contributed by atoms with E-state index in [9.17, 15) is 18.0 Å². The number of nitrogen functional groups attached to an aromatic ring is 1. The van der Waals surface area contributed by atoms with E-state index in [-0.39, 0.29) is 17.4 Å². The van der Waals surface area contributed by atoms with Crippen molar-refractivity contribution < 1.29 is 18.0 Å². The van der Waals surface area contributed by atoms with Gasteiger partial charge in [0.25, 0.3) is 5.91 Å². The summed E-state index contributed by atoms with van der Waals surface area (Å²) in [6.45, 7) is -1.25. The molecule has 1 aliphatic carbocycles. The van der Waals surface area contributed by atoms with E-state index in [0.29, 0.717) is 12.8 Å². The van der Waals surface area contributed by atoms with Crippen LogP contribution in [0.2, 0.25) is 0 Å². The molecule has 4 nitrogen and oxygen atoms in total. The van der Waals surface area contributed by atoms with Crippen LogP contribution in [0.3, 0.4) is 0 Å². The highest BCUT2D eigenvalue weighted by Crippen LogP contribution is 2.31. The first kappa shape index (κ1) is 12.7.